The summed E-state index contributed by atoms with van der Waals surface area (Å²) >= 11 is 6.00. The van der Waals surface area contributed by atoms with Gasteiger partial charge in [0.1, 0.15) is 0 Å². The van der Waals surface area contributed by atoms with Crippen LogP contribution in [-0.4, -0.2) is 26.0 Å². The predicted molar refractivity (Wildman–Crippen MR) is 86.1 cm³/mol. The van der Waals surface area contributed by atoms with Gasteiger partial charge in [0.05, 0.1) is 18.7 Å². The van der Waals surface area contributed by atoms with E-state index in [0.29, 0.717) is 13.2 Å². The van der Waals surface area contributed by atoms with Gasteiger partial charge in [-0.25, -0.2) is 4.85 Å². The molecule has 0 heterocycles. The lowest BCUT2D eigenvalue weighted by Gasteiger charge is -2.20. The molecule has 0 aliphatic heterocycles. The third-order valence-corrected chi connectivity index (χ3v) is 3.27. The molecule has 0 spiro atoms. The average Bonchev–Trinajstić information content (AvgIpc) is 2.51. The summed E-state index contributed by atoms with van der Waals surface area (Å²) in [5.74, 6) is 0. The van der Waals surface area contributed by atoms with Crippen molar-refractivity contribution in [2.45, 2.75) is 26.3 Å². The van der Waals surface area contributed by atoms with E-state index < -0.39 is 18.0 Å². The highest BCUT2D eigenvalue weighted by Gasteiger charge is 2.31. The summed E-state index contributed by atoms with van der Waals surface area (Å²) in [6, 6.07) is 2.95. The van der Waals surface area contributed by atoms with E-state index in [9.17, 15) is 13.2 Å². The molecule has 132 valence electrons. The van der Waals surface area contributed by atoms with E-state index in [2.05, 4.69) is 10.2 Å². The third-order valence-electron chi connectivity index (χ3n) is 2.94. The van der Waals surface area contributed by atoms with Crippen LogP contribution in [0.4, 0.5) is 13.2 Å². The zero-order valence-electron chi connectivity index (χ0n) is 13.3. The minimum Gasteiger partial charge on any atom is -0.389 e. The number of alkyl halides is 3. The Morgan fingerprint density at radius 2 is 1.96 bits per heavy atom. The number of nitrogens with one attached hydrogen (secondary N) is 1. The molecule has 1 rings (SSSR count). The molecule has 0 saturated heterocycles. The fourth-order valence-corrected chi connectivity index (χ4v) is 2.13. The molecule has 0 bridgehead atoms. The molecule has 24 heavy (non-hydrogen) atoms. The monoisotopic (exact) mass is 362 g/mol. The van der Waals surface area contributed by atoms with Crippen molar-refractivity contribution in [3.63, 3.8) is 0 Å². The van der Waals surface area contributed by atoms with E-state index in [-0.39, 0.29) is 22.8 Å². The first-order valence-electron chi connectivity index (χ1n) is 7.24. The Bertz CT molecular complexity index is 606. The number of halogens is 4. The largest absolute Gasteiger partial charge is 0.416 e. The second-order valence-electron chi connectivity index (χ2n) is 4.59. The van der Waals surface area contributed by atoms with Crippen molar-refractivity contribution < 1.29 is 22.6 Å². The Kier molecular flexibility index (Phi) is 8.05. The fourth-order valence-electron chi connectivity index (χ4n) is 1.91. The van der Waals surface area contributed by atoms with Gasteiger partial charge in [0.15, 0.2) is 12.5 Å². The second kappa shape index (κ2) is 9.52. The van der Waals surface area contributed by atoms with Crippen molar-refractivity contribution in [2.75, 3.05) is 19.8 Å². The zero-order valence-corrected chi connectivity index (χ0v) is 14.0. The fraction of sp³-hybridized carbons (Fsp3) is 0.438. The van der Waals surface area contributed by atoms with E-state index >= 15 is 0 Å². The summed E-state index contributed by atoms with van der Waals surface area (Å²) in [6.07, 6.45) is -4.00. The predicted octanol–water partition coefficient (Wildman–Crippen LogP) is 4.57. The minimum atomic E-state index is -4.50. The Hall–Kier alpha value is -1.75. The SMILES string of the molecule is [C-]#[N+]/C=C(\NCC(OCC)OCC)c1cc(C(F)(F)F)ccc1Cl. The van der Waals surface area contributed by atoms with Crippen molar-refractivity contribution in [1.82, 2.24) is 5.32 Å². The Balaban J connectivity index is 3.05. The van der Waals surface area contributed by atoms with Gasteiger partial charge in [-0.2, -0.15) is 13.2 Å². The van der Waals surface area contributed by atoms with Crippen LogP contribution in [0.1, 0.15) is 25.0 Å². The molecule has 0 atom stereocenters. The highest BCUT2D eigenvalue weighted by Crippen LogP contribution is 2.33. The molecule has 8 heteroatoms. The maximum Gasteiger partial charge on any atom is 0.416 e. The molecule has 0 saturated carbocycles. The van der Waals surface area contributed by atoms with Gasteiger partial charge in [-0.05, 0) is 32.0 Å². The van der Waals surface area contributed by atoms with E-state index in [0.717, 1.165) is 24.4 Å². The number of nitrogens with zero attached hydrogens (tertiary/aromatic N) is 1. The van der Waals surface area contributed by atoms with Crippen LogP contribution in [0.25, 0.3) is 10.5 Å². The molecule has 0 fully saturated rings. The van der Waals surface area contributed by atoms with Crippen LogP contribution in [0.5, 0.6) is 0 Å². The van der Waals surface area contributed by atoms with Crippen molar-refractivity contribution >= 4 is 17.3 Å². The Morgan fingerprint density at radius 1 is 1.33 bits per heavy atom. The van der Waals surface area contributed by atoms with Gasteiger partial charge in [-0.15, -0.1) is 0 Å². The normalized spacial score (nSPS) is 12.3. The number of ether oxygens (including phenoxy) is 2. The van der Waals surface area contributed by atoms with Crippen LogP contribution in [0.15, 0.2) is 24.4 Å². The molecule has 1 N–H and O–H groups in total. The van der Waals surface area contributed by atoms with E-state index in [4.69, 9.17) is 27.6 Å². The van der Waals surface area contributed by atoms with Crippen LogP contribution in [0, 0.1) is 6.57 Å². The van der Waals surface area contributed by atoms with Crippen LogP contribution >= 0.6 is 11.6 Å². The first kappa shape index (κ1) is 20.3. The van der Waals surface area contributed by atoms with E-state index in [1.807, 2.05) is 0 Å². The van der Waals surface area contributed by atoms with Crippen LogP contribution in [-0.2, 0) is 15.7 Å². The van der Waals surface area contributed by atoms with Crippen LogP contribution < -0.4 is 5.32 Å². The van der Waals surface area contributed by atoms with Crippen molar-refractivity contribution in [1.29, 1.82) is 0 Å². The quantitative estimate of drug-likeness (QED) is 0.543. The molecule has 0 aromatic heterocycles. The van der Waals surface area contributed by atoms with Gasteiger partial charge < -0.3 is 14.8 Å². The first-order chi connectivity index (χ1) is 11.3. The third kappa shape index (κ3) is 6.04. The summed E-state index contributed by atoms with van der Waals surface area (Å²) in [7, 11) is 0. The number of benzene rings is 1. The molecule has 4 nitrogen and oxygen atoms in total. The Morgan fingerprint density at radius 3 is 2.46 bits per heavy atom. The van der Waals surface area contributed by atoms with Crippen molar-refractivity contribution in [3.05, 3.63) is 52.0 Å². The molecule has 1 aromatic carbocycles. The van der Waals surface area contributed by atoms with Gasteiger partial charge in [-0.1, -0.05) is 11.6 Å². The van der Waals surface area contributed by atoms with Gasteiger partial charge in [0, 0.05) is 29.5 Å². The highest BCUT2D eigenvalue weighted by molar-refractivity contribution is 6.32. The molecule has 0 unspecified atom stereocenters. The molecule has 0 aliphatic carbocycles. The van der Waals surface area contributed by atoms with Gasteiger partial charge in [-0.3, -0.25) is 0 Å². The zero-order chi connectivity index (χ0) is 18.2. The smallest absolute Gasteiger partial charge is 0.389 e. The van der Waals surface area contributed by atoms with E-state index in [1.54, 1.807) is 13.8 Å². The summed E-state index contributed by atoms with van der Waals surface area (Å²) in [6.45, 7) is 11.5. The maximum absolute atomic E-state index is 12.9. The first-order valence-corrected chi connectivity index (χ1v) is 7.62. The molecule has 0 amide bonds. The van der Waals surface area contributed by atoms with Crippen molar-refractivity contribution in [3.8, 4) is 0 Å². The summed E-state index contributed by atoms with van der Waals surface area (Å²) in [4.78, 5) is 3.12. The van der Waals surface area contributed by atoms with Gasteiger partial charge in [0.25, 0.3) is 0 Å². The Labute approximate surface area is 144 Å². The lowest BCUT2D eigenvalue weighted by Crippen LogP contribution is -2.31. The molecule has 1 aromatic rings. The van der Waals surface area contributed by atoms with Crippen LogP contribution in [0.3, 0.4) is 0 Å². The van der Waals surface area contributed by atoms with E-state index in [1.165, 1.54) is 0 Å². The lowest BCUT2D eigenvalue weighted by atomic mass is 10.1. The summed E-state index contributed by atoms with van der Waals surface area (Å²) < 4.78 is 49.3. The number of hydrogen-bond donors (Lipinski definition) is 1. The standard InChI is InChI=1S/C16H18ClF3N2O2/c1-4-23-15(24-5-2)10-22-14(9-21-3)12-8-11(16(18,19)20)6-7-13(12)17/h6-9,15,22H,4-5,10H2,1-2H3/b14-9-. The van der Waals surface area contributed by atoms with Crippen LogP contribution in [0.2, 0.25) is 5.02 Å². The number of hydrogen-bond acceptors (Lipinski definition) is 3. The molecule has 0 radical (unpaired) electrons. The topological polar surface area (TPSA) is 34.9 Å². The summed E-state index contributed by atoms with van der Waals surface area (Å²) in [5, 5.41) is 2.98. The average molecular weight is 363 g/mol. The molecule has 0 aliphatic rings. The molecular formula is C16H18ClF3N2O2. The minimum absolute atomic E-state index is 0.0919. The summed E-state index contributed by atoms with van der Waals surface area (Å²) in [5.41, 5.74) is -0.578. The number of rotatable bonds is 8. The van der Waals surface area contributed by atoms with Gasteiger partial charge >= 0.3 is 6.18 Å². The second-order valence-corrected chi connectivity index (χ2v) is 4.99. The molecular weight excluding hydrogens is 345 g/mol. The van der Waals surface area contributed by atoms with Gasteiger partial charge in [0.2, 0.25) is 0 Å². The highest BCUT2D eigenvalue weighted by atomic mass is 35.5. The van der Waals surface area contributed by atoms with Crippen molar-refractivity contribution in [2.24, 2.45) is 0 Å². The lowest BCUT2D eigenvalue weighted by molar-refractivity contribution is -0.137. The maximum atomic E-state index is 12.9.